The second kappa shape index (κ2) is 7.51. The summed E-state index contributed by atoms with van der Waals surface area (Å²) in [5.41, 5.74) is 2.45. The molecule has 1 fully saturated rings. The Bertz CT molecular complexity index is 466. The summed E-state index contributed by atoms with van der Waals surface area (Å²) in [6, 6.07) is 0.516. The van der Waals surface area contributed by atoms with E-state index < -0.39 is 0 Å². The zero-order valence-electron chi connectivity index (χ0n) is 13.7. The van der Waals surface area contributed by atoms with E-state index in [9.17, 15) is 0 Å². The molecule has 2 unspecified atom stereocenters. The molecule has 1 aromatic heterocycles. The second-order valence-electron chi connectivity index (χ2n) is 6.14. The molecule has 0 amide bonds. The van der Waals surface area contributed by atoms with Crippen molar-refractivity contribution < 1.29 is 0 Å². The SMILES string of the molecule is CCCNC(Cc1c(Br)c(C)nn1CC)C1(C)CCCS1. The highest BCUT2D eigenvalue weighted by atomic mass is 79.9. The molecule has 2 heterocycles. The van der Waals surface area contributed by atoms with Crippen molar-refractivity contribution in [3.63, 3.8) is 0 Å². The van der Waals surface area contributed by atoms with Crippen molar-refractivity contribution in [2.45, 2.75) is 70.7 Å². The molecule has 0 radical (unpaired) electrons. The smallest absolute Gasteiger partial charge is 0.0738 e. The van der Waals surface area contributed by atoms with Crippen LogP contribution in [0.2, 0.25) is 0 Å². The quantitative estimate of drug-likeness (QED) is 0.777. The largest absolute Gasteiger partial charge is 0.312 e. The van der Waals surface area contributed by atoms with E-state index in [4.69, 9.17) is 0 Å². The van der Waals surface area contributed by atoms with Crippen LogP contribution >= 0.6 is 27.7 Å². The monoisotopic (exact) mass is 373 g/mol. The first-order valence-corrected chi connectivity index (χ1v) is 9.88. The molecule has 1 N–H and O–H groups in total. The summed E-state index contributed by atoms with van der Waals surface area (Å²) >= 11 is 5.89. The van der Waals surface area contributed by atoms with Gasteiger partial charge in [0.1, 0.15) is 0 Å². The number of nitrogens with zero attached hydrogens (tertiary/aromatic N) is 2. The minimum Gasteiger partial charge on any atom is -0.312 e. The summed E-state index contributed by atoms with van der Waals surface area (Å²) < 4.78 is 3.70. The van der Waals surface area contributed by atoms with Crippen molar-refractivity contribution in [2.24, 2.45) is 0 Å². The third-order valence-corrected chi connectivity index (χ3v) is 7.15. The van der Waals surface area contributed by atoms with E-state index in [1.807, 2.05) is 0 Å². The summed E-state index contributed by atoms with van der Waals surface area (Å²) in [6.45, 7) is 11.0. The number of aromatic nitrogens is 2. The molecule has 3 nitrogen and oxygen atoms in total. The Morgan fingerprint density at radius 3 is 2.81 bits per heavy atom. The Morgan fingerprint density at radius 2 is 2.24 bits per heavy atom. The van der Waals surface area contributed by atoms with E-state index in [1.165, 1.54) is 35.2 Å². The predicted octanol–water partition coefficient (Wildman–Crippen LogP) is 4.17. The summed E-state index contributed by atoms with van der Waals surface area (Å²) in [6.07, 6.45) is 4.90. The van der Waals surface area contributed by atoms with Gasteiger partial charge in [-0.05, 0) is 68.3 Å². The van der Waals surface area contributed by atoms with Gasteiger partial charge in [-0.25, -0.2) is 0 Å². The zero-order valence-corrected chi connectivity index (χ0v) is 16.1. The first-order valence-electron chi connectivity index (χ1n) is 8.11. The maximum atomic E-state index is 4.65. The molecule has 2 rings (SSSR count). The summed E-state index contributed by atoms with van der Waals surface area (Å²) in [4.78, 5) is 0. The van der Waals surface area contributed by atoms with Crippen LogP contribution in [0.1, 0.15) is 51.4 Å². The summed E-state index contributed by atoms with van der Waals surface area (Å²) in [5.74, 6) is 1.30. The molecule has 1 aliphatic rings. The van der Waals surface area contributed by atoms with Gasteiger partial charge in [0.2, 0.25) is 0 Å². The fourth-order valence-corrected chi connectivity index (χ4v) is 5.01. The molecule has 0 saturated carbocycles. The molecular weight excluding hydrogens is 346 g/mol. The van der Waals surface area contributed by atoms with Crippen LogP contribution in [0.15, 0.2) is 4.47 Å². The van der Waals surface area contributed by atoms with E-state index in [-0.39, 0.29) is 0 Å². The van der Waals surface area contributed by atoms with Gasteiger partial charge in [-0.15, -0.1) is 0 Å². The van der Waals surface area contributed by atoms with Crippen LogP contribution < -0.4 is 5.32 Å². The van der Waals surface area contributed by atoms with Gasteiger partial charge in [-0.3, -0.25) is 4.68 Å². The first-order chi connectivity index (χ1) is 10.0. The maximum Gasteiger partial charge on any atom is 0.0738 e. The Balaban J connectivity index is 2.22. The van der Waals surface area contributed by atoms with Crippen LogP contribution in [0.5, 0.6) is 0 Å². The average molecular weight is 374 g/mol. The minimum atomic E-state index is 0.353. The number of rotatable bonds is 7. The van der Waals surface area contributed by atoms with Crippen molar-refractivity contribution >= 4 is 27.7 Å². The third-order valence-electron chi connectivity index (χ3n) is 4.48. The predicted molar refractivity (Wildman–Crippen MR) is 96.2 cm³/mol. The first kappa shape index (κ1) is 17.4. The molecule has 1 saturated heterocycles. The molecule has 2 atom stereocenters. The van der Waals surface area contributed by atoms with Gasteiger partial charge in [-0.1, -0.05) is 6.92 Å². The lowest BCUT2D eigenvalue weighted by atomic mass is 9.92. The maximum absolute atomic E-state index is 4.65. The summed E-state index contributed by atoms with van der Waals surface area (Å²) in [5, 5.41) is 8.45. The molecule has 1 aromatic rings. The molecule has 21 heavy (non-hydrogen) atoms. The Hall–Kier alpha value is -0.000000000000000111. The molecule has 0 aliphatic carbocycles. The number of aryl methyl sites for hydroxylation is 2. The Morgan fingerprint density at radius 1 is 1.48 bits per heavy atom. The van der Waals surface area contributed by atoms with Crippen molar-refractivity contribution in [3.8, 4) is 0 Å². The second-order valence-corrected chi connectivity index (χ2v) is 8.56. The number of thioether (sulfide) groups is 1. The lowest BCUT2D eigenvalue weighted by Gasteiger charge is -2.34. The van der Waals surface area contributed by atoms with Crippen LogP contribution in [0.3, 0.4) is 0 Å². The number of nitrogens with one attached hydrogen (secondary N) is 1. The molecular formula is C16H28BrN3S. The van der Waals surface area contributed by atoms with Crippen molar-refractivity contribution in [1.82, 2.24) is 15.1 Å². The molecule has 0 aromatic carbocycles. The molecule has 120 valence electrons. The highest BCUT2D eigenvalue weighted by molar-refractivity contribution is 9.10. The van der Waals surface area contributed by atoms with Gasteiger partial charge < -0.3 is 5.32 Å². The molecule has 5 heteroatoms. The van der Waals surface area contributed by atoms with E-state index in [1.54, 1.807) is 0 Å². The van der Waals surface area contributed by atoms with Crippen molar-refractivity contribution in [2.75, 3.05) is 12.3 Å². The van der Waals surface area contributed by atoms with Crippen LogP contribution in [0, 0.1) is 6.92 Å². The van der Waals surface area contributed by atoms with E-state index in [0.29, 0.717) is 10.8 Å². The topological polar surface area (TPSA) is 29.9 Å². The average Bonchev–Trinajstić information content (AvgIpc) is 3.02. The fourth-order valence-electron chi connectivity index (χ4n) is 3.16. The molecule has 0 spiro atoms. The van der Waals surface area contributed by atoms with E-state index in [0.717, 1.165) is 25.2 Å². The Labute approximate surface area is 141 Å². The van der Waals surface area contributed by atoms with Gasteiger partial charge >= 0.3 is 0 Å². The lowest BCUT2D eigenvalue weighted by molar-refractivity contribution is 0.389. The van der Waals surface area contributed by atoms with Gasteiger partial charge in [-0.2, -0.15) is 16.9 Å². The molecule has 0 bridgehead atoms. The van der Waals surface area contributed by atoms with Gasteiger partial charge in [0.25, 0.3) is 0 Å². The normalized spacial score (nSPS) is 23.7. The number of hydrogen-bond acceptors (Lipinski definition) is 3. The minimum absolute atomic E-state index is 0.353. The standard InChI is InChI=1S/C16H28BrN3S/c1-5-9-18-14(16(4)8-7-10-21-16)11-13-15(17)12(3)19-20(13)6-2/h14,18H,5-11H2,1-4H3. The van der Waals surface area contributed by atoms with Gasteiger partial charge in [0.15, 0.2) is 0 Å². The van der Waals surface area contributed by atoms with Crippen molar-refractivity contribution in [1.29, 1.82) is 0 Å². The molecule has 1 aliphatic heterocycles. The highest BCUT2D eigenvalue weighted by Crippen LogP contribution is 2.42. The van der Waals surface area contributed by atoms with E-state index >= 15 is 0 Å². The van der Waals surface area contributed by atoms with Crippen LogP contribution in [-0.2, 0) is 13.0 Å². The van der Waals surface area contributed by atoms with Crippen LogP contribution in [-0.4, -0.2) is 32.9 Å². The Kier molecular flexibility index (Phi) is 6.21. The zero-order chi connectivity index (χ0) is 15.5. The van der Waals surface area contributed by atoms with Crippen molar-refractivity contribution in [3.05, 3.63) is 15.9 Å². The van der Waals surface area contributed by atoms with E-state index in [2.05, 4.69) is 70.5 Å². The number of hydrogen-bond donors (Lipinski definition) is 1. The highest BCUT2D eigenvalue weighted by Gasteiger charge is 2.38. The third kappa shape index (κ3) is 3.85. The number of halogens is 1. The van der Waals surface area contributed by atoms with Crippen LogP contribution in [0.4, 0.5) is 0 Å². The van der Waals surface area contributed by atoms with Gasteiger partial charge in [0, 0.05) is 23.8 Å². The lowest BCUT2D eigenvalue weighted by Crippen LogP contribution is -2.47. The summed E-state index contributed by atoms with van der Waals surface area (Å²) in [7, 11) is 0. The fraction of sp³-hybridized carbons (Fsp3) is 0.812. The van der Waals surface area contributed by atoms with Gasteiger partial charge in [0.05, 0.1) is 15.9 Å². The van der Waals surface area contributed by atoms with Crippen LogP contribution in [0.25, 0.3) is 0 Å².